The quantitative estimate of drug-likeness (QED) is 0.427. The summed E-state index contributed by atoms with van der Waals surface area (Å²) in [7, 11) is 0. The van der Waals surface area contributed by atoms with E-state index in [1.165, 1.54) is 0 Å². The van der Waals surface area contributed by atoms with Gasteiger partial charge in [-0.15, -0.1) is 0 Å². The number of carbonyl (C=O) groups is 2. The van der Waals surface area contributed by atoms with Crippen LogP contribution in [0.3, 0.4) is 0 Å². The first-order valence-corrected chi connectivity index (χ1v) is 3.20. The highest BCUT2D eigenvalue weighted by atomic mass is 17.1. The molecule has 0 unspecified atom stereocenters. The molecule has 0 saturated carbocycles. The summed E-state index contributed by atoms with van der Waals surface area (Å²) >= 11 is 0. The van der Waals surface area contributed by atoms with E-state index in [1.54, 1.807) is 26.1 Å². The van der Waals surface area contributed by atoms with Gasteiger partial charge in [-0.2, -0.15) is 5.26 Å². The topological polar surface area (TPSA) is 84.9 Å². The molecule has 0 radical (unpaired) electrons. The van der Waals surface area contributed by atoms with Crippen molar-refractivity contribution in [3.8, 4) is 0 Å². The van der Waals surface area contributed by atoms with Crippen LogP contribution in [0.15, 0.2) is 0 Å². The highest BCUT2D eigenvalue weighted by molar-refractivity contribution is 5.87. The molecular formula is C6H11NO5. The van der Waals surface area contributed by atoms with Crippen molar-refractivity contribution in [1.82, 2.24) is 5.32 Å². The van der Waals surface area contributed by atoms with Crippen LogP contribution in [0.5, 0.6) is 0 Å². The summed E-state index contributed by atoms with van der Waals surface area (Å²) in [6.45, 7) is 4.91. The minimum absolute atomic E-state index is 0.695. The van der Waals surface area contributed by atoms with E-state index in [9.17, 15) is 9.59 Å². The first-order chi connectivity index (χ1) is 5.35. The maximum Gasteiger partial charge on any atom is 0.447 e. The molecule has 0 aliphatic rings. The lowest BCUT2D eigenvalue weighted by atomic mass is 10.2. The van der Waals surface area contributed by atoms with E-state index in [0.29, 0.717) is 0 Å². The molecule has 0 aliphatic heterocycles. The summed E-state index contributed by atoms with van der Waals surface area (Å²) in [5.41, 5.74) is -0.695. The maximum absolute atomic E-state index is 10.7. The number of carbonyl (C=O) groups excluding carboxylic acids is 2. The average molecular weight is 177 g/mol. The number of alkyl carbamates (subject to hydrolysis) is 1. The Morgan fingerprint density at radius 2 is 1.75 bits per heavy atom. The Morgan fingerprint density at radius 3 is 2.08 bits per heavy atom. The smallest absolute Gasteiger partial charge is 0.443 e. The van der Waals surface area contributed by atoms with E-state index < -0.39 is 17.8 Å². The van der Waals surface area contributed by atoms with Gasteiger partial charge in [0.1, 0.15) is 5.60 Å². The zero-order valence-electron chi connectivity index (χ0n) is 7.08. The van der Waals surface area contributed by atoms with Gasteiger partial charge in [-0.1, -0.05) is 0 Å². The molecule has 0 saturated heterocycles. The average Bonchev–Trinajstić information content (AvgIpc) is 1.82. The number of hydrogen-bond donors (Lipinski definition) is 2. The number of ether oxygens (including phenoxy) is 1. The van der Waals surface area contributed by atoms with E-state index >= 15 is 0 Å². The molecule has 0 aromatic carbocycles. The molecule has 0 aromatic rings. The predicted octanol–water partition coefficient (Wildman–Crippen LogP) is 1.12. The standard InChI is InChI=1S/C6H11NO5/c1-6(2,3)11-4(8)7-5(9)12-10/h10H,1-3H3,(H,7,8,9). The molecule has 6 nitrogen and oxygen atoms in total. The largest absolute Gasteiger partial charge is 0.447 e. The van der Waals surface area contributed by atoms with Gasteiger partial charge in [0.2, 0.25) is 0 Å². The second-order valence-corrected chi connectivity index (χ2v) is 3.01. The SMILES string of the molecule is CC(C)(C)OC(=O)NC(=O)OO. The monoisotopic (exact) mass is 177 g/mol. The molecule has 2 amide bonds. The Bertz CT molecular complexity index is 183. The summed E-state index contributed by atoms with van der Waals surface area (Å²) in [4.78, 5) is 24.1. The van der Waals surface area contributed by atoms with Crippen molar-refractivity contribution in [3.63, 3.8) is 0 Å². The number of imide groups is 1. The zero-order valence-corrected chi connectivity index (χ0v) is 7.08. The van der Waals surface area contributed by atoms with Gasteiger partial charge < -0.3 is 4.74 Å². The fraction of sp³-hybridized carbons (Fsp3) is 0.667. The van der Waals surface area contributed by atoms with Crippen LogP contribution in [0.2, 0.25) is 0 Å². The molecule has 0 aliphatic carbocycles. The highest BCUT2D eigenvalue weighted by Gasteiger charge is 2.18. The lowest BCUT2D eigenvalue weighted by molar-refractivity contribution is -0.177. The number of rotatable bonds is 0. The summed E-state index contributed by atoms with van der Waals surface area (Å²) in [5.74, 6) is 0. The van der Waals surface area contributed by atoms with Crippen LogP contribution in [0, 0.1) is 0 Å². The van der Waals surface area contributed by atoms with Gasteiger partial charge >= 0.3 is 12.2 Å². The van der Waals surface area contributed by atoms with Gasteiger partial charge in [0.05, 0.1) is 0 Å². The second-order valence-electron chi connectivity index (χ2n) is 3.01. The van der Waals surface area contributed by atoms with Crippen molar-refractivity contribution >= 4 is 12.2 Å². The number of hydrogen-bond acceptors (Lipinski definition) is 5. The van der Waals surface area contributed by atoms with Crippen molar-refractivity contribution in [2.75, 3.05) is 0 Å². The minimum Gasteiger partial charge on any atom is -0.443 e. The van der Waals surface area contributed by atoms with Crippen molar-refractivity contribution in [1.29, 1.82) is 0 Å². The summed E-state index contributed by atoms with van der Waals surface area (Å²) < 4.78 is 4.65. The van der Waals surface area contributed by atoms with E-state index in [4.69, 9.17) is 5.26 Å². The Kier molecular flexibility index (Phi) is 3.49. The van der Waals surface area contributed by atoms with Crippen molar-refractivity contribution in [2.45, 2.75) is 26.4 Å². The Labute approximate surface area is 69.4 Å². The first kappa shape index (κ1) is 10.7. The van der Waals surface area contributed by atoms with Crippen molar-refractivity contribution in [3.05, 3.63) is 0 Å². The Hall–Kier alpha value is -1.30. The molecule has 0 heterocycles. The third kappa shape index (κ3) is 5.48. The van der Waals surface area contributed by atoms with E-state index in [1.807, 2.05) is 0 Å². The van der Waals surface area contributed by atoms with E-state index in [0.717, 1.165) is 0 Å². The lowest BCUT2D eigenvalue weighted by Crippen LogP contribution is -2.36. The third-order valence-corrected chi connectivity index (χ3v) is 0.686. The predicted molar refractivity (Wildman–Crippen MR) is 38.5 cm³/mol. The molecule has 0 aromatic heterocycles. The molecular weight excluding hydrogens is 166 g/mol. The molecule has 0 rings (SSSR count). The zero-order chi connectivity index (χ0) is 9.78. The first-order valence-electron chi connectivity index (χ1n) is 3.20. The van der Waals surface area contributed by atoms with Crippen molar-refractivity contribution in [2.24, 2.45) is 0 Å². The number of nitrogens with one attached hydrogen (secondary N) is 1. The van der Waals surface area contributed by atoms with Crippen LogP contribution in [0.25, 0.3) is 0 Å². The Balaban J connectivity index is 3.83. The van der Waals surface area contributed by atoms with Crippen LogP contribution < -0.4 is 5.32 Å². The van der Waals surface area contributed by atoms with Gasteiger partial charge in [0, 0.05) is 0 Å². The summed E-state index contributed by atoms with van der Waals surface area (Å²) in [6.07, 6.45) is -2.24. The minimum atomic E-state index is -1.27. The Morgan fingerprint density at radius 1 is 1.25 bits per heavy atom. The lowest BCUT2D eigenvalue weighted by Gasteiger charge is -2.18. The molecule has 2 N–H and O–H groups in total. The maximum atomic E-state index is 10.7. The van der Waals surface area contributed by atoms with Crippen LogP contribution >= 0.6 is 0 Å². The van der Waals surface area contributed by atoms with Gasteiger partial charge in [0.25, 0.3) is 0 Å². The third-order valence-electron chi connectivity index (χ3n) is 0.686. The van der Waals surface area contributed by atoms with Gasteiger partial charge in [0.15, 0.2) is 0 Å². The molecule has 0 atom stereocenters. The van der Waals surface area contributed by atoms with E-state index in [2.05, 4.69) is 9.62 Å². The van der Waals surface area contributed by atoms with Gasteiger partial charge in [-0.3, -0.25) is 4.89 Å². The normalized spacial score (nSPS) is 10.3. The van der Waals surface area contributed by atoms with Gasteiger partial charge in [-0.05, 0) is 20.8 Å². The fourth-order valence-electron chi connectivity index (χ4n) is 0.410. The number of amides is 2. The molecule has 6 heteroatoms. The van der Waals surface area contributed by atoms with Crippen LogP contribution in [-0.4, -0.2) is 23.0 Å². The molecule has 0 fully saturated rings. The molecule has 0 bridgehead atoms. The second kappa shape index (κ2) is 3.91. The van der Waals surface area contributed by atoms with Crippen molar-refractivity contribution < 1.29 is 24.5 Å². The molecule has 12 heavy (non-hydrogen) atoms. The molecule has 0 spiro atoms. The summed E-state index contributed by atoms with van der Waals surface area (Å²) in [5, 5.41) is 9.38. The summed E-state index contributed by atoms with van der Waals surface area (Å²) in [6, 6.07) is 0. The van der Waals surface area contributed by atoms with Gasteiger partial charge in [-0.25, -0.2) is 14.9 Å². The fourth-order valence-corrected chi connectivity index (χ4v) is 0.410. The van der Waals surface area contributed by atoms with E-state index in [-0.39, 0.29) is 0 Å². The van der Waals surface area contributed by atoms with Crippen LogP contribution in [0.1, 0.15) is 20.8 Å². The molecule has 70 valence electrons. The van der Waals surface area contributed by atoms with Crippen LogP contribution in [0.4, 0.5) is 9.59 Å². The van der Waals surface area contributed by atoms with Crippen LogP contribution in [-0.2, 0) is 9.62 Å². The highest BCUT2D eigenvalue weighted by Crippen LogP contribution is 2.06.